The van der Waals surface area contributed by atoms with Crippen LogP contribution in [-0.2, 0) is 14.3 Å². The summed E-state index contributed by atoms with van der Waals surface area (Å²) in [5, 5.41) is 2.12. The van der Waals surface area contributed by atoms with Crippen molar-refractivity contribution in [2.45, 2.75) is 62.5 Å². The Morgan fingerprint density at radius 3 is 2.44 bits per heavy atom. The number of rotatable bonds is 5. The maximum absolute atomic E-state index is 13.1. The Labute approximate surface area is 193 Å². The number of alkyl halides is 3. The number of amides is 2. The standard InChI is InChI=1S/C21H27F4N5O4/c1-33-20(32)30-15-4-2-3-14(15)17(28-18(31)21(23,24)25)16(30)11-34-13-5-7-29(8-6-13)19-26-9-12(22)10-27-19/h9-10,13-17H,2-8,11H2,1H3,(H,28,31)/t14-,15+,16-,17-/m0/s1. The largest absolute Gasteiger partial charge is 0.471 e. The molecule has 4 atom stereocenters. The third-order valence-electron chi connectivity index (χ3n) is 6.90. The molecule has 1 aromatic rings. The van der Waals surface area contributed by atoms with Gasteiger partial charge in [0.2, 0.25) is 5.95 Å². The van der Waals surface area contributed by atoms with Crippen molar-refractivity contribution in [3.63, 3.8) is 0 Å². The van der Waals surface area contributed by atoms with E-state index in [-0.39, 0.29) is 24.7 Å². The SMILES string of the molecule is COC(=O)N1[C@@H]2CCC[C@@H]2[C@H](NC(=O)C(F)(F)F)[C@@H]1COC1CCN(c2ncc(F)cn2)CC1. The van der Waals surface area contributed by atoms with Gasteiger partial charge in [0.1, 0.15) is 0 Å². The number of nitrogens with zero attached hydrogens (tertiary/aromatic N) is 4. The van der Waals surface area contributed by atoms with E-state index in [0.29, 0.717) is 44.7 Å². The van der Waals surface area contributed by atoms with E-state index in [1.165, 1.54) is 12.0 Å². The maximum Gasteiger partial charge on any atom is 0.471 e. The lowest BCUT2D eigenvalue weighted by atomic mass is 9.95. The average Bonchev–Trinajstić information content (AvgIpc) is 3.39. The molecule has 0 aromatic carbocycles. The van der Waals surface area contributed by atoms with Gasteiger partial charge >= 0.3 is 18.2 Å². The zero-order valence-electron chi connectivity index (χ0n) is 18.6. The number of carbonyl (C=O) groups is 2. The van der Waals surface area contributed by atoms with E-state index < -0.39 is 36.1 Å². The molecule has 2 aliphatic heterocycles. The highest BCUT2D eigenvalue weighted by molar-refractivity contribution is 5.82. The van der Waals surface area contributed by atoms with Crippen molar-refractivity contribution >= 4 is 17.9 Å². The van der Waals surface area contributed by atoms with Crippen LogP contribution in [0.5, 0.6) is 0 Å². The van der Waals surface area contributed by atoms with Crippen molar-refractivity contribution in [3.05, 3.63) is 18.2 Å². The molecule has 13 heteroatoms. The summed E-state index contributed by atoms with van der Waals surface area (Å²) in [5.41, 5.74) is 0. The number of carbonyl (C=O) groups excluding carboxylic acids is 2. The second kappa shape index (κ2) is 9.88. The Bertz CT molecular complexity index is 879. The summed E-state index contributed by atoms with van der Waals surface area (Å²) in [5.74, 6) is -2.43. The molecule has 0 spiro atoms. The highest BCUT2D eigenvalue weighted by Crippen LogP contribution is 2.42. The van der Waals surface area contributed by atoms with Gasteiger partial charge < -0.3 is 19.7 Å². The topological polar surface area (TPSA) is 96.9 Å². The van der Waals surface area contributed by atoms with Crippen LogP contribution in [0.15, 0.2) is 12.4 Å². The van der Waals surface area contributed by atoms with Crippen LogP contribution in [0, 0.1) is 11.7 Å². The monoisotopic (exact) mass is 489 g/mol. The van der Waals surface area contributed by atoms with Crippen LogP contribution in [-0.4, -0.2) is 84.1 Å². The maximum atomic E-state index is 13.1. The van der Waals surface area contributed by atoms with Gasteiger partial charge in [-0.25, -0.2) is 19.2 Å². The Morgan fingerprint density at radius 1 is 1.15 bits per heavy atom. The molecular weight excluding hydrogens is 462 g/mol. The van der Waals surface area contributed by atoms with Crippen LogP contribution in [0.25, 0.3) is 0 Å². The lowest BCUT2D eigenvalue weighted by molar-refractivity contribution is -0.175. The van der Waals surface area contributed by atoms with E-state index >= 15 is 0 Å². The number of fused-ring (bicyclic) bond motifs is 1. The van der Waals surface area contributed by atoms with Gasteiger partial charge in [0.15, 0.2) is 5.82 Å². The predicted molar refractivity (Wildman–Crippen MR) is 110 cm³/mol. The predicted octanol–water partition coefficient (Wildman–Crippen LogP) is 2.27. The van der Waals surface area contributed by atoms with E-state index in [1.54, 1.807) is 0 Å². The van der Waals surface area contributed by atoms with Gasteiger partial charge in [-0.05, 0) is 25.7 Å². The molecule has 0 unspecified atom stereocenters. The highest BCUT2D eigenvalue weighted by Gasteiger charge is 2.55. The summed E-state index contributed by atoms with van der Waals surface area (Å²) in [6.07, 6.45) is -0.494. The van der Waals surface area contributed by atoms with Crippen LogP contribution in [0.4, 0.5) is 28.3 Å². The molecule has 3 heterocycles. The first-order valence-corrected chi connectivity index (χ1v) is 11.3. The number of nitrogens with one attached hydrogen (secondary N) is 1. The average molecular weight is 489 g/mol. The summed E-state index contributed by atoms with van der Waals surface area (Å²) in [6, 6.07) is -1.96. The van der Waals surface area contributed by atoms with Gasteiger partial charge in [0.25, 0.3) is 0 Å². The number of hydrogen-bond acceptors (Lipinski definition) is 7. The lowest BCUT2D eigenvalue weighted by Gasteiger charge is -2.35. The van der Waals surface area contributed by atoms with Crippen LogP contribution >= 0.6 is 0 Å². The van der Waals surface area contributed by atoms with Gasteiger partial charge in [0.05, 0.1) is 44.3 Å². The van der Waals surface area contributed by atoms with Crippen molar-refractivity contribution in [1.29, 1.82) is 0 Å². The summed E-state index contributed by atoms with van der Waals surface area (Å²) in [4.78, 5) is 35.6. The summed E-state index contributed by atoms with van der Waals surface area (Å²) >= 11 is 0. The fourth-order valence-electron chi connectivity index (χ4n) is 5.36. The van der Waals surface area contributed by atoms with Gasteiger partial charge in [-0.2, -0.15) is 13.2 Å². The van der Waals surface area contributed by atoms with Crippen LogP contribution in [0.3, 0.4) is 0 Å². The molecule has 3 fully saturated rings. The molecule has 1 saturated carbocycles. The molecule has 3 aliphatic rings. The Morgan fingerprint density at radius 2 is 1.82 bits per heavy atom. The van der Waals surface area contributed by atoms with Gasteiger partial charge in [-0.3, -0.25) is 9.69 Å². The molecule has 2 amide bonds. The van der Waals surface area contributed by atoms with Crippen molar-refractivity contribution < 1.29 is 36.6 Å². The van der Waals surface area contributed by atoms with E-state index in [2.05, 4.69) is 15.3 Å². The molecule has 4 rings (SSSR count). The number of hydrogen-bond donors (Lipinski definition) is 1. The first kappa shape index (κ1) is 24.4. The normalized spacial score (nSPS) is 27.6. The van der Waals surface area contributed by atoms with Crippen LogP contribution < -0.4 is 10.2 Å². The van der Waals surface area contributed by atoms with Crippen molar-refractivity contribution in [3.8, 4) is 0 Å². The molecule has 1 aromatic heterocycles. The zero-order valence-corrected chi connectivity index (χ0v) is 18.6. The van der Waals surface area contributed by atoms with E-state index in [4.69, 9.17) is 9.47 Å². The number of halogens is 4. The molecule has 2 saturated heterocycles. The van der Waals surface area contributed by atoms with Gasteiger partial charge in [0, 0.05) is 25.0 Å². The number of piperidine rings is 1. The fourth-order valence-corrected chi connectivity index (χ4v) is 5.36. The molecule has 0 bridgehead atoms. The van der Waals surface area contributed by atoms with Crippen LogP contribution in [0.2, 0.25) is 0 Å². The molecule has 0 radical (unpaired) electrons. The summed E-state index contributed by atoms with van der Waals surface area (Å²) < 4.78 is 63.0. The quantitative estimate of drug-likeness (QED) is 0.634. The molecule has 1 aliphatic carbocycles. The fraction of sp³-hybridized carbons (Fsp3) is 0.714. The number of anilines is 1. The number of likely N-dealkylation sites (tertiary alicyclic amines) is 1. The van der Waals surface area contributed by atoms with Crippen molar-refractivity contribution in [1.82, 2.24) is 20.2 Å². The second-order valence-electron chi connectivity index (χ2n) is 8.82. The number of methoxy groups -OCH3 is 1. The third-order valence-corrected chi connectivity index (χ3v) is 6.90. The first-order valence-electron chi connectivity index (χ1n) is 11.3. The number of ether oxygens (including phenoxy) is 2. The van der Waals surface area contributed by atoms with E-state index in [9.17, 15) is 27.2 Å². The first-order chi connectivity index (χ1) is 16.2. The molecular formula is C21H27F4N5O4. The zero-order chi connectivity index (χ0) is 24.5. The van der Waals surface area contributed by atoms with Gasteiger partial charge in [-0.1, -0.05) is 6.42 Å². The third kappa shape index (κ3) is 5.03. The van der Waals surface area contributed by atoms with E-state index in [0.717, 1.165) is 18.8 Å². The molecule has 34 heavy (non-hydrogen) atoms. The highest BCUT2D eigenvalue weighted by atomic mass is 19.4. The Balaban J connectivity index is 1.41. The minimum atomic E-state index is -5.02. The van der Waals surface area contributed by atoms with Crippen molar-refractivity contribution in [2.75, 3.05) is 31.7 Å². The Hall–Kier alpha value is -2.70. The van der Waals surface area contributed by atoms with Crippen LogP contribution in [0.1, 0.15) is 32.1 Å². The molecule has 1 N–H and O–H groups in total. The summed E-state index contributed by atoms with van der Waals surface area (Å²) in [6.45, 7) is 1.09. The van der Waals surface area contributed by atoms with E-state index in [1.807, 2.05) is 4.90 Å². The second-order valence-corrected chi connectivity index (χ2v) is 8.82. The minimum Gasteiger partial charge on any atom is -0.453 e. The molecule has 9 nitrogen and oxygen atoms in total. The van der Waals surface area contributed by atoms with Crippen molar-refractivity contribution in [2.24, 2.45) is 5.92 Å². The Kier molecular flexibility index (Phi) is 7.10. The smallest absolute Gasteiger partial charge is 0.453 e. The molecule has 188 valence electrons. The summed E-state index contributed by atoms with van der Waals surface area (Å²) in [7, 11) is 1.22. The minimum absolute atomic E-state index is 0.0252. The van der Waals surface area contributed by atoms with Gasteiger partial charge in [-0.15, -0.1) is 0 Å². The lowest BCUT2D eigenvalue weighted by Crippen LogP contribution is -2.54. The number of aromatic nitrogens is 2.